The summed E-state index contributed by atoms with van der Waals surface area (Å²) in [6.45, 7) is 9.93. The molecule has 4 aromatic rings. The molecule has 1 N–H and O–H groups in total. The molecule has 0 aliphatic rings. The van der Waals surface area contributed by atoms with Crippen LogP contribution >= 0.6 is 0 Å². The van der Waals surface area contributed by atoms with Crippen molar-refractivity contribution in [1.82, 2.24) is 10.1 Å². The quantitative estimate of drug-likeness (QED) is 0.226. The van der Waals surface area contributed by atoms with Crippen molar-refractivity contribution in [3.8, 4) is 22.6 Å². The van der Waals surface area contributed by atoms with Gasteiger partial charge in [-0.25, -0.2) is 13.1 Å². The summed E-state index contributed by atoms with van der Waals surface area (Å²) in [7, 11) is -2.32. The van der Waals surface area contributed by atoms with Crippen LogP contribution in [0.25, 0.3) is 11.1 Å². The Labute approximate surface area is 230 Å². The van der Waals surface area contributed by atoms with Crippen LogP contribution in [0.5, 0.6) is 11.5 Å². The number of methoxy groups -OCH3 is 1. The summed E-state index contributed by atoms with van der Waals surface area (Å²) < 4.78 is 46.4. The third-order valence-corrected chi connectivity index (χ3v) is 8.05. The van der Waals surface area contributed by atoms with E-state index in [-0.39, 0.29) is 10.8 Å². The van der Waals surface area contributed by atoms with E-state index in [4.69, 9.17) is 14.0 Å². The van der Waals surface area contributed by atoms with Gasteiger partial charge in [0.15, 0.2) is 11.5 Å². The van der Waals surface area contributed by atoms with E-state index in [0.717, 1.165) is 47.3 Å². The van der Waals surface area contributed by atoms with Crippen molar-refractivity contribution in [2.45, 2.75) is 65.4 Å². The van der Waals surface area contributed by atoms with Gasteiger partial charge in [0, 0.05) is 22.9 Å². The molecule has 2 heterocycles. The maximum Gasteiger partial charge on any atom is 0.264 e. The maximum atomic E-state index is 13.5. The number of hydrogen-bond donors (Lipinski definition) is 1. The molecular weight excluding hydrogens is 514 g/mol. The second-order valence-corrected chi connectivity index (χ2v) is 11.1. The average Bonchev–Trinajstić information content (AvgIpc) is 3.23. The lowest BCUT2D eigenvalue weighted by Gasteiger charge is -2.17. The van der Waals surface area contributed by atoms with Gasteiger partial charge in [-0.1, -0.05) is 61.8 Å². The molecule has 206 valence electrons. The van der Waals surface area contributed by atoms with E-state index < -0.39 is 10.0 Å². The van der Waals surface area contributed by atoms with Crippen LogP contribution in [0.1, 0.15) is 54.0 Å². The molecule has 0 unspecified atom stereocenters. The molecule has 9 heteroatoms. The lowest BCUT2D eigenvalue weighted by atomic mass is 9.95. The zero-order valence-electron chi connectivity index (χ0n) is 23.3. The minimum absolute atomic E-state index is 0.122. The number of nitrogens with zero attached hydrogens (tertiary/aromatic N) is 2. The number of nitrogens with one attached hydrogen (secondary N) is 1. The molecule has 0 bridgehead atoms. The summed E-state index contributed by atoms with van der Waals surface area (Å²) in [4.78, 5) is 4.72. The highest BCUT2D eigenvalue weighted by Gasteiger charge is 2.24. The Bertz CT molecular complexity index is 1580. The van der Waals surface area contributed by atoms with Gasteiger partial charge in [0.05, 0.1) is 23.4 Å². The SMILES string of the molecule is CCCc1cc(COc2cc(CC)nc(C)c2OC)ccc1-c1ccccc1S(=O)(=O)Nc1onc(C)c1C. The standard InChI is InChI=1S/C30H35N3O5S/c1-7-11-23-16-22(18-37-27-17-24(8-2)31-21(5)29(27)36-6)14-15-25(23)26-12-9-10-13-28(26)39(34,35)33-30-19(3)20(4)32-38-30/h9-10,12-17,33H,7-8,11,18H2,1-6H3. The predicted octanol–water partition coefficient (Wildman–Crippen LogP) is 6.57. The average molecular weight is 550 g/mol. The zero-order chi connectivity index (χ0) is 28.2. The summed E-state index contributed by atoms with van der Waals surface area (Å²) in [6, 6.07) is 14.9. The van der Waals surface area contributed by atoms with Crippen molar-refractivity contribution in [3.05, 3.63) is 82.3 Å². The first-order valence-corrected chi connectivity index (χ1v) is 14.5. The lowest BCUT2D eigenvalue weighted by molar-refractivity contribution is 0.282. The van der Waals surface area contributed by atoms with Crippen LogP contribution in [-0.4, -0.2) is 25.7 Å². The molecule has 0 amide bonds. The molecule has 4 rings (SSSR count). The van der Waals surface area contributed by atoms with Gasteiger partial charge in [0.2, 0.25) is 5.88 Å². The number of aryl methyl sites for hydroxylation is 4. The fourth-order valence-corrected chi connectivity index (χ4v) is 5.75. The second-order valence-electron chi connectivity index (χ2n) is 9.44. The molecule has 0 spiro atoms. The third kappa shape index (κ3) is 6.09. The van der Waals surface area contributed by atoms with E-state index in [1.165, 1.54) is 0 Å². The Kier molecular flexibility index (Phi) is 8.60. The lowest BCUT2D eigenvalue weighted by Crippen LogP contribution is -2.14. The number of ether oxygens (including phenoxy) is 2. The van der Waals surface area contributed by atoms with Crippen molar-refractivity contribution in [3.63, 3.8) is 0 Å². The minimum atomic E-state index is -3.94. The van der Waals surface area contributed by atoms with Gasteiger partial charge in [0.1, 0.15) is 6.61 Å². The van der Waals surface area contributed by atoms with E-state index in [2.05, 4.69) is 34.8 Å². The van der Waals surface area contributed by atoms with Crippen molar-refractivity contribution in [1.29, 1.82) is 0 Å². The fraction of sp³-hybridized carbons (Fsp3) is 0.333. The highest BCUT2D eigenvalue weighted by atomic mass is 32.2. The first kappa shape index (κ1) is 28.2. The normalized spacial score (nSPS) is 11.4. The molecule has 0 aliphatic carbocycles. The Balaban J connectivity index is 1.67. The smallest absolute Gasteiger partial charge is 0.264 e. The molecule has 0 atom stereocenters. The van der Waals surface area contributed by atoms with E-state index in [1.54, 1.807) is 33.1 Å². The number of aromatic nitrogens is 2. The Morgan fingerprint density at radius 1 is 0.974 bits per heavy atom. The fourth-order valence-electron chi connectivity index (χ4n) is 4.48. The van der Waals surface area contributed by atoms with Crippen LogP contribution in [0.3, 0.4) is 0 Å². The Morgan fingerprint density at radius 2 is 1.74 bits per heavy atom. The van der Waals surface area contributed by atoms with Crippen LogP contribution < -0.4 is 14.2 Å². The maximum absolute atomic E-state index is 13.5. The minimum Gasteiger partial charge on any atom is -0.491 e. The van der Waals surface area contributed by atoms with Gasteiger partial charge in [0.25, 0.3) is 10.0 Å². The van der Waals surface area contributed by atoms with Crippen molar-refractivity contribution in [2.75, 3.05) is 11.8 Å². The van der Waals surface area contributed by atoms with Gasteiger partial charge in [-0.3, -0.25) is 4.98 Å². The molecule has 0 aliphatic heterocycles. The second kappa shape index (κ2) is 11.9. The highest BCUT2D eigenvalue weighted by molar-refractivity contribution is 7.92. The number of sulfonamides is 1. The van der Waals surface area contributed by atoms with Crippen LogP contribution in [-0.2, 0) is 29.5 Å². The van der Waals surface area contributed by atoms with Gasteiger partial charge in [-0.05, 0) is 56.4 Å². The topological polar surface area (TPSA) is 104 Å². The third-order valence-electron chi connectivity index (χ3n) is 6.66. The number of hydrogen-bond acceptors (Lipinski definition) is 7. The van der Waals surface area contributed by atoms with Crippen LogP contribution in [0.4, 0.5) is 5.88 Å². The predicted molar refractivity (Wildman–Crippen MR) is 152 cm³/mol. The van der Waals surface area contributed by atoms with Gasteiger partial charge in [-0.15, -0.1) is 0 Å². The van der Waals surface area contributed by atoms with E-state index in [1.807, 2.05) is 37.3 Å². The Hall–Kier alpha value is -3.85. The molecule has 0 saturated carbocycles. The highest BCUT2D eigenvalue weighted by Crippen LogP contribution is 2.34. The van der Waals surface area contributed by atoms with E-state index in [0.29, 0.717) is 34.9 Å². The summed E-state index contributed by atoms with van der Waals surface area (Å²) in [5.74, 6) is 1.40. The van der Waals surface area contributed by atoms with Crippen molar-refractivity contribution >= 4 is 15.9 Å². The first-order valence-electron chi connectivity index (χ1n) is 13.0. The summed E-state index contributed by atoms with van der Waals surface area (Å²) in [5, 5.41) is 3.86. The monoisotopic (exact) mass is 549 g/mol. The molecule has 2 aromatic carbocycles. The Morgan fingerprint density at radius 3 is 2.41 bits per heavy atom. The van der Waals surface area contributed by atoms with Crippen LogP contribution in [0.15, 0.2) is 57.9 Å². The van der Waals surface area contributed by atoms with Gasteiger partial charge < -0.3 is 14.0 Å². The number of rotatable bonds is 11. The zero-order valence-corrected chi connectivity index (χ0v) is 24.1. The van der Waals surface area contributed by atoms with Crippen molar-refractivity contribution < 1.29 is 22.4 Å². The molecule has 0 fully saturated rings. The number of benzene rings is 2. The molecule has 39 heavy (non-hydrogen) atoms. The molecule has 0 saturated heterocycles. The first-order chi connectivity index (χ1) is 18.7. The summed E-state index contributed by atoms with van der Waals surface area (Å²) >= 11 is 0. The number of anilines is 1. The van der Waals surface area contributed by atoms with Gasteiger partial charge in [-0.2, -0.15) is 0 Å². The van der Waals surface area contributed by atoms with Crippen molar-refractivity contribution in [2.24, 2.45) is 0 Å². The van der Waals surface area contributed by atoms with Crippen LogP contribution in [0.2, 0.25) is 0 Å². The van der Waals surface area contributed by atoms with E-state index >= 15 is 0 Å². The molecule has 0 radical (unpaired) electrons. The van der Waals surface area contributed by atoms with Crippen LogP contribution in [0, 0.1) is 20.8 Å². The summed E-state index contributed by atoms with van der Waals surface area (Å²) in [6.07, 6.45) is 2.48. The van der Waals surface area contributed by atoms with Gasteiger partial charge >= 0.3 is 0 Å². The number of pyridine rings is 1. The van der Waals surface area contributed by atoms with E-state index in [9.17, 15) is 8.42 Å². The molecular formula is C30H35N3O5S. The molecule has 8 nitrogen and oxygen atoms in total. The molecule has 2 aromatic heterocycles. The largest absolute Gasteiger partial charge is 0.491 e. The summed E-state index contributed by atoms with van der Waals surface area (Å²) in [5.41, 5.74) is 6.51.